The monoisotopic (exact) mass is 623 g/mol. The predicted octanol–water partition coefficient (Wildman–Crippen LogP) is 5.72. The fourth-order valence-electron chi connectivity index (χ4n) is 4.07. The Morgan fingerprint density at radius 3 is 2.57 bits per heavy atom. The zero-order valence-corrected chi connectivity index (χ0v) is 24.1. The summed E-state index contributed by atoms with van der Waals surface area (Å²) in [6.07, 6.45) is -1.90. The average Bonchev–Trinajstić information content (AvgIpc) is 3.61. The van der Waals surface area contributed by atoms with Gasteiger partial charge >= 0.3 is 12.4 Å². The van der Waals surface area contributed by atoms with E-state index in [9.17, 15) is 22.8 Å². The van der Waals surface area contributed by atoms with Crippen LogP contribution in [0.4, 0.5) is 23.7 Å². The van der Waals surface area contributed by atoms with Gasteiger partial charge in [0.25, 0.3) is 0 Å². The number of aliphatic imine (C=N–C) groups is 1. The van der Waals surface area contributed by atoms with Gasteiger partial charge in [0, 0.05) is 5.56 Å². The largest absolute Gasteiger partial charge is 0.573 e. The number of thioether (sulfide) groups is 1. The van der Waals surface area contributed by atoms with Crippen LogP contribution in [0.2, 0.25) is 0 Å². The Balaban J connectivity index is 1.21. The molecule has 3 amide bonds. The van der Waals surface area contributed by atoms with E-state index < -0.39 is 12.4 Å². The molecule has 1 aromatic heterocycles. The van der Waals surface area contributed by atoms with E-state index in [1.165, 1.54) is 46.4 Å². The number of hydrazone groups is 1. The zero-order valence-electron chi connectivity index (χ0n) is 23.3. The highest BCUT2D eigenvalue weighted by Gasteiger charge is 2.33. The molecule has 5 rings (SSSR count). The molecule has 1 N–H and O–H groups in total. The van der Waals surface area contributed by atoms with Crippen molar-refractivity contribution in [2.24, 2.45) is 10.1 Å². The van der Waals surface area contributed by atoms with E-state index >= 15 is 0 Å². The molecule has 0 atom stereocenters. The van der Waals surface area contributed by atoms with E-state index in [0.29, 0.717) is 40.7 Å². The third-order valence-corrected chi connectivity index (χ3v) is 6.91. The molecule has 226 valence electrons. The number of urea groups is 1. The number of hydrogen-bond donors (Lipinski definition) is 1. The summed E-state index contributed by atoms with van der Waals surface area (Å²) in [6.45, 7) is 4.15. The van der Waals surface area contributed by atoms with Crippen LogP contribution in [0.5, 0.6) is 11.5 Å². The topological polar surface area (TPSA) is 123 Å². The van der Waals surface area contributed by atoms with Crippen LogP contribution >= 0.6 is 11.8 Å². The van der Waals surface area contributed by atoms with Gasteiger partial charge < -0.3 is 9.47 Å². The number of alkyl halides is 3. The van der Waals surface area contributed by atoms with Gasteiger partial charge in [0.1, 0.15) is 17.8 Å². The van der Waals surface area contributed by atoms with Crippen LogP contribution in [0.3, 0.4) is 0 Å². The van der Waals surface area contributed by atoms with Crippen molar-refractivity contribution in [2.75, 3.05) is 17.3 Å². The van der Waals surface area contributed by atoms with Gasteiger partial charge in [-0.1, -0.05) is 42.1 Å². The first kappa shape index (κ1) is 30.3. The summed E-state index contributed by atoms with van der Waals surface area (Å²) in [5.74, 6) is 0.485. The maximum absolute atomic E-state index is 12.6. The van der Waals surface area contributed by atoms with Gasteiger partial charge in [0.05, 0.1) is 29.9 Å². The van der Waals surface area contributed by atoms with Crippen LogP contribution in [0.1, 0.15) is 18.1 Å². The molecule has 11 nitrogen and oxygen atoms in total. The fraction of sp³-hybridized carbons (Fsp3) is 0.172. The van der Waals surface area contributed by atoms with Crippen molar-refractivity contribution in [2.45, 2.75) is 20.2 Å². The number of nitrogens with zero attached hydrogens (tertiary/aromatic N) is 6. The summed E-state index contributed by atoms with van der Waals surface area (Å²) < 4.78 is 48.1. The number of carbonyl (C=O) groups is 2. The van der Waals surface area contributed by atoms with Crippen LogP contribution in [0.25, 0.3) is 17.1 Å². The number of benzene rings is 3. The Bertz CT molecular complexity index is 1720. The first-order chi connectivity index (χ1) is 21.1. The summed E-state index contributed by atoms with van der Waals surface area (Å²) in [7, 11) is 0. The minimum atomic E-state index is -4.77. The Hall–Kier alpha value is -5.18. The smallest absolute Gasteiger partial charge is 0.492 e. The van der Waals surface area contributed by atoms with Crippen molar-refractivity contribution in [1.29, 1.82) is 0 Å². The third-order valence-electron chi connectivity index (χ3n) is 5.99. The Morgan fingerprint density at radius 2 is 1.86 bits per heavy atom. The van der Waals surface area contributed by atoms with E-state index in [2.05, 4.69) is 30.3 Å². The Labute approximate surface area is 253 Å². The molecule has 0 bridgehead atoms. The van der Waals surface area contributed by atoms with Gasteiger partial charge in [0.2, 0.25) is 5.91 Å². The van der Waals surface area contributed by atoms with E-state index in [1.54, 1.807) is 36.4 Å². The van der Waals surface area contributed by atoms with Gasteiger partial charge in [-0.25, -0.2) is 19.9 Å². The van der Waals surface area contributed by atoms with Crippen molar-refractivity contribution in [1.82, 2.24) is 20.2 Å². The van der Waals surface area contributed by atoms with Gasteiger partial charge in [-0.05, 0) is 61.4 Å². The van der Waals surface area contributed by atoms with Crippen LogP contribution < -0.4 is 19.8 Å². The van der Waals surface area contributed by atoms with E-state index in [-0.39, 0.29) is 22.6 Å². The lowest BCUT2D eigenvalue weighted by molar-refractivity contribution is -0.274. The van der Waals surface area contributed by atoms with Gasteiger partial charge in [-0.15, -0.1) is 18.3 Å². The number of amidine groups is 1. The molecule has 3 aromatic carbocycles. The molecule has 0 saturated carbocycles. The highest BCUT2D eigenvalue weighted by atomic mass is 32.2. The first-order valence-corrected chi connectivity index (χ1v) is 14.1. The molecule has 4 aromatic rings. The normalized spacial score (nSPS) is 14.4. The first-order valence-electron chi connectivity index (χ1n) is 13.1. The van der Waals surface area contributed by atoms with E-state index in [1.807, 2.05) is 19.9 Å². The third kappa shape index (κ3) is 7.42. The van der Waals surface area contributed by atoms with Crippen LogP contribution in [0, 0.1) is 6.92 Å². The van der Waals surface area contributed by atoms with Crippen LogP contribution in [0.15, 0.2) is 83.2 Å². The molecular weight excluding hydrogens is 599 g/mol. The lowest BCUT2D eigenvalue weighted by atomic mass is 10.1. The van der Waals surface area contributed by atoms with Gasteiger partial charge in [-0.2, -0.15) is 10.1 Å². The maximum atomic E-state index is 12.6. The summed E-state index contributed by atoms with van der Waals surface area (Å²) in [5, 5.41) is 8.54. The molecule has 1 fully saturated rings. The maximum Gasteiger partial charge on any atom is 0.573 e. The van der Waals surface area contributed by atoms with Crippen LogP contribution in [-0.4, -0.2) is 56.8 Å². The van der Waals surface area contributed by atoms with Crippen molar-refractivity contribution < 1.29 is 32.2 Å². The number of halogens is 3. The molecule has 0 radical (unpaired) electrons. The second-order valence-electron chi connectivity index (χ2n) is 9.17. The fourth-order valence-corrected chi connectivity index (χ4v) is 4.93. The summed E-state index contributed by atoms with van der Waals surface area (Å²) in [4.78, 5) is 34.8. The molecule has 1 aliphatic rings. The molecule has 0 unspecified atom stereocenters. The average molecular weight is 624 g/mol. The van der Waals surface area contributed by atoms with Crippen molar-refractivity contribution >= 4 is 40.8 Å². The number of nitrogens with one attached hydrogen (secondary N) is 1. The minimum absolute atomic E-state index is 0.136. The Kier molecular flexibility index (Phi) is 8.94. The number of hydrogen-bond acceptors (Lipinski definition) is 8. The second kappa shape index (κ2) is 13.0. The molecule has 1 aliphatic heterocycles. The molecule has 0 spiro atoms. The Morgan fingerprint density at radius 1 is 1.11 bits per heavy atom. The number of aromatic nitrogens is 3. The van der Waals surface area contributed by atoms with Gasteiger partial charge in [0.15, 0.2) is 11.0 Å². The standard InChI is InChI=1S/C29H24F3N7O4S/c1-3-42-24-13-4-18(2)14-23(24)39-25(40)16-44-28(39)35-27(41)36-34-15-19-5-7-20(8-6-19)26-33-17-38(37-26)21-9-11-22(12-10-21)43-29(30,31)32/h4-15,17H,3,16H2,1-2H3,(H,36,41)/b34-15+,35-28?. The molecule has 15 heteroatoms. The highest BCUT2D eigenvalue weighted by Crippen LogP contribution is 2.35. The molecule has 44 heavy (non-hydrogen) atoms. The van der Waals surface area contributed by atoms with E-state index in [0.717, 1.165) is 17.3 Å². The minimum Gasteiger partial charge on any atom is -0.492 e. The number of anilines is 1. The number of carbonyl (C=O) groups excluding carboxylic acids is 2. The SMILES string of the molecule is CCOc1ccc(C)cc1N1C(=O)CSC1=NC(=O)N/N=C/c1ccc(-c2ncn(-c3ccc(OC(F)(F)F)cc3)n2)cc1. The number of aryl methyl sites for hydroxylation is 1. The highest BCUT2D eigenvalue weighted by molar-refractivity contribution is 8.15. The van der Waals surface area contributed by atoms with Crippen LogP contribution in [-0.2, 0) is 4.79 Å². The summed E-state index contributed by atoms with van der Waals surface area (Å²) in [5.41, 5.74) is 5.62. The van der Waals surface area contributed by atoms with E-state index in [4.69, 9.17) is 4.74 Å². The molecular formula is C29H24F3N7O4S. The number of ether oxygens (including phenoxy) is 2. The molecule has 2 heterocycles. The molecule has 1 saturated heterocycles. The van der Waals surface area contributed by atoms with Crippen molar-refractivity contribution in [3.8, 4) is 28.6 Å². The zero-order chi connectivity index (χ0) is 31.3. The lowest BCUT2D eigenvalue weighted by Crippen LogP contribution is -2.31. The van der Waals surface area contributed by atoms with Crippen molar-refractivity contribution in [3.05, 3.63) is 84.2 Å². The lowest BCUT2D eigenvalue weighted by Gasteiger charge is -2.20. The quantitative estimate of drug-likeness (QED) is 0.197. The van der Waals surface area contributed by atoms with Crippen molar-refractivity contribution in [3.63, 3.8) is 0 Å². The van der Waals surface area contributed by atoms with Gasteiger partial charge in [-0.3, -0.25) is 9.69 Å². The number of amides is 3. The number of rotatable bonds is 8. The summed E-state index contributed by atoms with van der Waals surface area (Å²) in [6, 6.07) is 16.9. The molecule has 0 aliphatic carbocycles. The second-order valence-corrected chi connectivity index (χ2v) is 10.1. The predicted molar refractivity (Wildman–Crippen MR) is 159 cm³/mol. The summed E-state index contributed by atoms with van der Waals surface area (Å²) >= 11 is 1.14.